The van der Waals surface area contributed by atoms with Gasteiger partial charge in [-0.1, -0.05) is 13.8 Å². The zero-order valence-electron chi connectivity index (χ0n) is 12.1. The molecule has 1 aliphatic rings. The summed E-state index contributed by atoms with van der Waals surface area (Å²) in [7, 11) is 0. The van der Waals surface area contributed by atoms with Crippen molar-refractivity contribution in [3.63, 3.8) is 0 Å². The number of nitrogens with zero attached hydrogens (tertiary/aromatic N) is 1. The van der Waals surface area contributed by atoms with Gasteiger partial charge >= 0.3 is 0 Å². The molecule has 0 aliphatic carbocycles. The van der Waals surface area contributed by atoms with E-state index >= 15 is 0 Å². The molecule has 0 bridgehead atoms. The average molecular weight is 345 g/mol. The van der Waals surface area contributed by atoms with Crippen LogP contribution < -0.4 is 5.73 Å². The number of nitrogens with two attached hydrogens (primary N) is 1. The molecule has 2 nitrogen and oxygen atoms in total. The first-order chi connectivity index (χ1) is 8.99. The fraction of sp³-hybridized carbons (Fsp3) is 0.733. The molecule has 2 rings (SSSR count). The maximum Gasteiger partial charge on any atom is 0.0591 e. The predicted molar refractivity (Wildman–Crippen MR) is 87.5 cm³/mol. The van der Waals surface area contributed by atoms with Crippen molar-refractivity contribution in [2.45, 2.75) is 45.7 Å². The van der Waals surface area contributed by atoms with Gasteiger partial charge in [-0.3, -0.25) is 4.90 Å². The van der Waals surface area contributed by atoms with Crippen molar-refractivity contribution in [2.24, 2.45) is 17.6 Å². The third-order valence-electron chi connectivity index (χ3n) is 4.29. The van der Waals surface area contributed by atoms with E-state index in [2.05, 4.69) is 53.0 Å². The highest BCUT2D eigenvalue weighted by atomic mass is 79.9. The Morgan fingerprint density at radius 3 is 2.37 bits per heavy atom. The molecule has 0 amide bonds. The second kappa shape index (κ2) is 6.70. The number of thiophene rings is 1. The van der Waals surface area contributed by atoms with Crippen molar-refractivity contribution in [3.8, 4) is 0 Å². The van der Waals surface area contributed by atoms with Gasteiger partial charge in [-0.2, -0.15) is 0 Å². The fourth-order valence-corrected chi connectivity index (χ4v) is 4.81. The largest absolute Gasteiger partial charge is 0.326 e. The minimum absolute atomic E-state index is 0.182. The number of hydrogen-bond acceptors (Lipinski definition) is 3. The van der Waals surface area contributed by atoms with E-state index in [1.807, 2.05) is 11.3 Å². The highest BCUT2D eigenvalue weighted by molar-refractivity contribution is 9.10. The molecule has 4 heteroatoms. The van der Waals surface area contributed by atoms with E-state index in [1.54, 1.807) is 0 Å². The Kier molecular flexibility index (Phi) is 5.46. The number of halogens is 1. The van der Waals surface area contributed by atoms with Crippen LogP contribution >= 0.6 is 27.3 Å². The normalized spacial score (nSPS) is 21.8. The van der Waals surface area contributed by atoms with Gasteiger partial charge in [0.15, 0.2) is 0 Å². The minimum atomic E-state index is 0.182. The van der Waals surface area contributed by atoms with Crippen LogP contribution in [0.4, 0.5) is 0 Å². The Bertz CT molecular complexity index is 395. The summed E-state index contributed by atoms with van der Waals surface area (Å²) in [4.78, 5) is 3.98. The molecule has 1 aromatic rings. The van der Waals surface area contributed by atoms with Gasteiger partial charge in [-0.05, 0) is 66.7 Å². The molecule has 1 aromatic heterocycles. The van der Waals surface area contributed by atoms with Crippen molar-refractivity contribution < 1.29 is 0 Å². The summed E-state index contributed by atoms with van der Waals surface area (Å²) in [6, 6.07) is 2.79. The lowest BCUT2D eigenvalue weighted by molar-refractivity contribution is 0.105. The SMILES string of the molecule is CC(C)C1CCN(C(c2cc(Br)cs2)C(C)N)CC1. The van der Waals surface area contributed by atoms with Gasteiger partial charge in [0.05, 0.1) is 6.04 Å². The molecule has 2 unspecified atom stereocenters. The standard InChI is InChI=1S/C15H25BrN2S/c1-10(2)12-4-6-18(7-5-12)15(11(3)17)14-8-13(16)9-19-14/h8-12,15H,4-7,17H2,1-3H3. The maximum atomic E-state index is 6.25. The molecule has 1 fully saturated rings. The van der Waals surface area contributed by atoms with E-state index in [0.717, 1.165) is 11.8 Å². The summed E-state index contributed by atoms with van der Waals surface area (Å²) < 4.78 is 1.18. The molecule has 2 atom stereocenters. The summed E-state index contributed by atoms with van der Waals surface area (Å²) in [5.41, 5.74) is 6.25. The van der Waals surface area contributed by atoms with Crippen molar-refractivity contribution in [2.75, 3.05) is 13.1 Å². The molecule has 1 saturated heterocycles. The van der Waals surface area contributed by atoms with Gasteiger partial charge in [0.2, 0.25) is 0 Å². The topological polar surface area (TPSA) is 29.3 Å². The summed E-state index contributed by atoms with van der Waals surface area (Å²) in [5, 5.41) is 2.16. The first kappa shape index (κ1) is 15.5. The lowest BCUT2D eigenvalue weighted by atomic mass is 9.86. The molecule has 19 heavy (non-hydrogen) atoms. The van der Waals surface area contributed by atoms with Crippen LogP contribution in [0.3, 0.4) is 0 Å². The fourth-order valence-electron chi connectivity index (χ4n) is 3.12. The van der Waals surface area contributed by atoms with Crippen molar-refractivity contribution in [1.82, 2.24) is 4.90 Å². The quantitative estimate of drug-likeness (QED) is 0.883. The van der Waals surface area contributed by atoms with Crippen LogP contribution in [0.15, 0.2) is 15.9 Å². The van der Waals surface area contributed by atoms with E-state index in [0.29, 0.717) is 6.04 Å². The van der Waals surface area contributed by atoms with Crippen LogP contribution in [0.2, 0.25) is 0 Å². The Hall–Kier alpha value is 0.1000. The number of likely N-dealkylation sites (tertiary alicyclic amines) is 1. The summed E-state index contributed by atoms with van der Waals surface area (Å²) in [5.74, 6) is 1.70. The summed E-state index contributed by atoms with van der Waals surface area (Å²) >= 11 is 5.37. The Morgan fingerprint density at radius 2 is 1.95 bits per heavy atom. The average Bonchev–Trinajstić information content (AvgIpc) is 2.76. The molecule has 2 N–H and O–H groups in total. The van der Waals surface area contributed by atoms with Crippen molar-refractivity contribution in [3.05, 3.63) is 20.8 Å². The van der Waals surface area contributed by atoms with Gasteiger partial charge in [0, 0.05) is 20.8 Å². The van der Waals surface area contributed by atoms with Crippen molar-refractivity contribution >= 4 is 27.3 Å². The van der Waals surface area contributed by atoms with Gasteiger partial charge in [-0.25, -0.2) is 0 Å². The van der Waals surface area contributed by atoms with Crippen LogP contribution in [-0.4, -0.2) is 24.0 Å². The second-order valence-corrected chi connectivity index (χ2v) is 7.95. The smallest absolute Gasteiger partial charge is 0.0591 e. The summed E-state index contributed by atoms with van der Waals surface area (Å²) in [6.45, 7) is 9.20. The number of rotatable bonds is 4. The molecule has 1 aliphatic heterocycles. The minimum Gasteiger partial charge on any atom is -0.326 e. The van der Waals surface area contributed by atoms with Crippen LogP contribution in [0.5, 0.6) is 0 Å². The Labute approximate surface area is 129 Å². The van der Waals surface area contributed by atoms with Gasteiger partial charge in [0.25, 0.3) is 0 Å². The van der Waals surface area contributed by atoms with E-state index in [1.165, 1.54) is 35.3 Å². The Balaban J connectivity index is 2.05. The monoisotopic (exact) mass is 344 g/mol. The lowest BCUT2D eigenvalue weighted by Gasteiger charge is -2.40. The molecule has 0 spiro atoms. The van der Waals surface area contributed by atoms with Gasteiger partial charge in [-0.15, -0.1) is 11.3 Å². The van der Waals surface area contributed by atoms with Crippen LogP contribution in [0, 0.1) is 11.8 Å². The second-order valence-electron chi connectivity index (χ2n) is 6.09. The molecule has 108 valence electrons. The third-order valence-corrected chi connectivity index (χ3v) is 6.05. The molecule has 0 radical (unpaired) electrons. The van der Waals surface area contributed by atoms with E-state index in [-0.39, 0.29) is 6.04 Å². The predicted octanol–water partition coefficient (Wildman–Crippen LogP) is 4.27. The van der Waals surface area contributed by atoms with E-state index in [9.17, 15) is 0 Å². The third kappa shape index (κ3) is 3.81. The number of hydrogen-bond donors (Lipinski definition) is 1. The zero-order chi connectivity index (χ0) is 14.0. The molecule has 0 aromatic carbocycles. The van der Waals surface area contributed by atoms with Gasteiger partial charge < -0.3 is 5.73 Å². The van der Waals surface area contributed by atoms with E-state index in [4.69, 9.17) is 5.73 Å². The van der Waals surface area contributed by atoms with Crippen LogP contribution in [-0.2, 0) is 0 Å². The van der Waals surface area contributed by atoms with E-state index < -0.39 is 0 Å². The Morgan fingerprint density at radius 1 is 1.32 bits per heavy atom. The van der Waals surface area contributed by atoms with Crippen LogP contribution in [0.25, 0.3) is 0 Å². The molecule has 2 heterocycles. The highest BCUT2D eigenvalue weighted by Gasteiger charge is 2.30. The molecule has 0 saturated carbocycles. The lowest BCUT2D eigenvalue weighted by Crippen LogP contribution is -2.44. The number of piperidine rings is 1. The highest BCUT2D eigenvalue weighted by Crippen LogP contribution is 2.35. The zero-order valence-corrected chi connectivity index (χ0v) is 14.5. The summed E-state index contributed by atoms with van der Waals surface area (Å²) in [6.07, 6.45) is 2.63. The van der Waals surface area contributed by atoms with Gasteiger partial charge in [0.1, 0.15) is 0 Å². The van der Waals surface area contributed by atoms with Crippen molar-refractivity contribution in [1.29, 1.82) is 0 Å². The first-order valence-electron chi connectivity index (χ1n) is 7.22. The molecular formula is C15H25BrN2S. The molecular weight excluding hydrogens is 320 g/mol. The van der Waals surface area contributed by atoms with Crippen LogP contribution in [0.1, 0.15) is 44.5 Å². The maximum absolute atomic E-state index is 6.25. The first-order valence-corrected chi connectivity index (χ1v) is 8.90.